The number of morpholine rings is 1. The number of aliphatic imine (C=N–C) groups is 1. The highest BCUT2D eigenvalue weighted by molar-refractivity contribution is 5.80. The molecule has 6 nitrogen and oxygen atoms in total. The van der Waals surface area contributed by atoms with Gasteiger partial charge in [-0.2, -0.15) is 0 Å². The molecule has 0 radical (unpaired) electrons. The molecule has 0 aliphatic carbocycles. The van der Waals surface area contributed by atoms with Crippen molar-refractivity contribution in [2.75, 3.05) is 40.5 Å². The van der Waals surface area contributed by atoms with Crippen LogP contribution in [0.1, 0.15) is 37.9 Å². The summed E-state index contributed by atoms with van der Waals surface area (Å²) in [5.74, 6) is 1.69. The topological polar surface area (TPSA) is 58.1 Å². The zero-order valence-corrected chi connectivity index (χ0v) is 17.0. The quantitative estimate of drug-likeness (QED) is 0.601. The minimum absolute atomic E-state index is 0.0914. The van der Waals surface area contributed by atoms with Crippen LogP contribution in [0.15, 0.2) is 23.2 Å². The Labute approximate surface area is 158 Å². The SMILES string of the molecule is CN=C(NCC(C)N1CCOCC1C)NC(C)c1cc(C)ccc1OC. The van der Waals surface area contributed by atoms with E-state index in [1.807, 2.05) is 6.07 Å². The van der Waals surface area contributed by atoms with Crippen molar-refractivity contribution in [1.82, 2.24) is 15.5 Å². The van der Waals surface area contributed by atoms with Gasteiger partial charge in [-0.05, 0) is 33.8 Å². The lowest BCUT2D eigenvalue weighted by Gasteiger charge is -2.38. The summed E-state index contributed by atoms with van der Waals surface area (Å²) in [6.45, 7) is 12.1. The van der Waals surface area contributed by atoms with Gasteiger partial charge in [-0.3, -0.25) is 9.89 Å². The second-order valence-electron chi connectivity index (χ2n) is 7.08. The molecule has 0 spiro atoms. The molecule has 1 aliphatic rings. The van der Waals surface area contributed by atoms with E-state index in [1.54, 1.807) is 14.2 Å². The maximum Gasteiger partial charge on any atom is 0.191 e. The largest absolute Gasteiger partial charge is 0.496 e. The Morgan fingerprint density at radius 1 is 1.42 bits per heavy atom. The first-order valence-corrected chi connectivity index (χ1v) is 9.41. The second-order valence-corrected chi connectivity index (χ2v) is 7.08. The minimum Gasteiger partial charge on any atom is -0.496 e. The highest BCUT2D eigenvalue weighted by atomic mass is 16.5. The Morgan fingerprint density at radius 3 is 2.85 bits per heavy atom. The Hall–Kier alpha value is -1.79. The van der Waals surface area contributed by atoms with Crippen LogP contribution >= 0.6 is 0 Å². The highest BCUT2D eigenvalue weighted by Gasteiger charge is 2.23. The fourth-order valence-corrected chi connectivity index (χ4v) is 3.43. The molecule has 1 aromatic rings. The molecular formula is C20H34N4O2. The average Bonchev–Trinajstić information content (AvgIpc) is 2.64. The Balaban J connectivity index is 1.94. The van der Waals surface area contributed by atoms with Crippen molar-refractivity contribution >= 4 is 5.96 Å². The molecule has 2 rings (SSSR count). The van der Waals surface area contributed by atoms with E-state index in [0.717, 1.165) is 43.6 Å². The monoisotopic (exact) mass is 362 g/mol. The van der Waals surface area contributed by atoms with Crippen molar-refractivity contribution in [3.63, 3.8) is 0 Å². The Kier molecular flexibility index (Phi) is 7.72. The van der Waals surface area contributed by atoms with Crippen LogP contribution in [0.3, 0.4) is 0 Å². The van der Waals surface area contributed by atoms with Crippen molar-refractivity contribution in [3.8, 4) is 5.75 Å². The summed E-state index contributed by atoms with van der Waals surface area (Å²) in [6, 6.07) is 7.19. The fraction of sp³-hybridized carbons (Fsp3) is 0.650. The van der Waals surface area contributed by atoms with Crippen molar-refractivity contribution in [1.29, 1.82) is 0 Å². The molecule has 1 heterocycles. The van der Waals surface area contributed by atoms with Crippen molar-refractivity contribution in [3.05, 3.63) is 29.3 Å². The van der Waals surface area contributed by atoms with Gasteiger partial charge in [-0.15, -0.1) is 0 Å². The predicted octanol–water partition coefficient (Wildman–Crippen LogP) is 2.34. The summed E-state index contributed by atoms with van der Waals surface area (Å²) in [4.78, 5) is 6.86. The molecule has 1 saturated heterocycles. The van der Waals surface area contributed by atoms with Gasteiger partial charge in [0.2, 0.25) is 0 Å². The van der Waals surface area contributed by atoms with Crippen molar-refractivity contribution in [2.45, 2.75) is 45.8 Å². The van der Waals surface area contributed by atoms with Gasteiger partial charge >= 0.3 is 0 Å². The van der Waals surface area contributed by atoms with Crippen LogP contribution in [0.2, 0.25) is 0 Å². The van der Waals surface area contributed by atoms with E-state index in [1.165, 1.54) is 5.56 Å². The van der Waals surface area contributed by atoms with Gasteiger partial charge in [0.15, 0.2) is 5.96 Å². The number of hydrogen-bond acceptors (Lipinski definition) is 4. The van der Waals surface area contributed by atoms with E-state index >= 15 is 0 Å². The lowest BCUT2D eigenvalue weighted by atomic mass is 10.0. The summed E-state index contributed by atoms with van der Waals surface area (Å²) in [7, 11) is 3.51. The van der Waals surface area contributed by atoms with Crippen LogP contribution in [0.4, 0.5) is 0 Å². The summed E-state index contributed by atoms with van der Waals surface area (Å²) >= 11 is 0. The molecule has 26 heavy (non-hydrogen) atoms. The van der Waals surface area contributed by atoms with Crippen molar-refractivity contribution < 1.29 is 9.47 Å². The number of aryl methyl sites for hydroxylation is 1. The smallest absolute Gasteiger partial charge is 0.191 e. The van der Waals surface area contributed by atoms with Gasteiger partial charge in [0.1, 0.15) is 5.75 Å². The molecule has 0 saturated carbocycles. The molecule has 1 aromatic carbocycles. The fourth-order valence-electron chi connectivity index (χ4n) is 3.43. The summed E-state index contributed by atoms with van der Waals surface area (Å²) in [5.41, 5.74) is 2.35. The van der Waals surface area contributed by atoms with E-state index in [4.69, 9.17) is 9.47 Å². The van der Waals surface area contributed by atoms with Gasteiger partial charge in [0.05, 0.1) is 26.4 Å². The molecule has 0 bridgehead atoms. The number of rotatable bonds is 6. The normalized spacial score (nSPS) is 21.2. The van der Waals surface area contributed by atoms with Crippen LogP contribution in [0.5, 0.6) is 5.75 Å². The number of hydrogen-bond donors (Lipinski definition) is 2. The van der Waals surface area contributed by atoms with Crippen LogP contribution < -0.4 is 15.4 Å². The highest BCUT2D eigenvalue weighted by Crippen LogP contribution is 2.25. The van der Waals surface area contributed by atoms with Crippen LogP contribution in [-0.2, 0) is 4.74 Å². The Bertz CT molecular complexity index is 605. The Morgan fingerprint density at radius 2 is 2.19 bits per heavy atom. The molecule has 0 amide bonds. The number of guanidine groups is 1. The zero-order chi connectivity index (χ0) is 19.1. The first-order valence-electron chi connectivity index (χ1n) is 9.41. The van der Waals surface area contributed by atoms with Gasteiger partial charge in [-0.25, -0.2) is 0 Å². The molecule has 1 aliphatic heterocycles. The van der Waals surface area contributed by atoms with E-state index < -0.39 is 0 Å². The van der Waals surface area contributed by atoms with E-state index in [2.05, 4.69) is 60.4 Å². The summed E-state index contributed by atoms with van der Waals surface area (Å²) < 4.78 is 11.0. The van der Waals surface area contributed by atoms with Gasteiger partial charge in [0.25, 0.3) is 0 Å². The van der Waals surface area contributed by atoms with E-state index in [9.17, 15) is 0 Å². The van der Waals surface area contributed by atoms with Crippen LogP contribution in [0, 0.1) is 6.92 Å². The first kappa shape index (κ1) is 20.5. The van der Waals surface area contributed by atoms with Crippen molar-refractivity contribution in [2.24, 2.45) is 4.99 Å². The third-order valence-electron chi connectivity index (χ3n) is 4.98. The van der Waals surface area contributed by atoms with Crippen LogP contribution in [0.25, 0.3) is 0 Å². The molecule has 6 heteroatoms. The zero-order valence-electron chi connectivity index (χ0n) is 17.0. The molecule has 1 fully saturated rings. The first-order chi connectivity index (χ1) is 12.5. The maximum atomic E-state index is 5.53. The number of nitrogens with one attached hydrogen (secondary N) is 2. The molecule has 146 valence electrons. The average molecular weight is 363 g/mol. The van der Waals surface area contributed by atoms with E-state index in [0.29, 0.717) is 12.1 Å². The molecule has 0 aromatic heterocycles. The number of ether oxygens (including phenoxy) is 2. The third kappa shape index (κ3) is 5.35. The lowest BCUT2D eigenvalue weighted by molar-refractivity contribution is -0.0174. The van der Waals surface area contributed by atoms with Gasteiger partial charge in [-0.1, -0.05) is 17.7 Å². The van der Waals surface area contributed by atoms with Crippen LogP contribution in [-0.4, -0.2) is 63.4 Å². The molecule has 2 N–H and O–H groups in total. The lowest BCUT2D eigenvalue weighted by Crippen LogP contribution is -2.53. The predicted molar refractivity (Wildman–Crippen MR) is 107 cm³/mol. The number of nitrogens with zero attached hydrogens (tertiary/aromatic N) is 2. The second kappa shape index (κ2) is 9.78. The maximum absolute atomic E-state index is 5.53. The van der Waals surface area contributed by atoms with E-state index in [-0.39, 0.29) is 6.04 Å². The number of benzene rings is 1. The minimum atomic E-state index is 0.0914. The molecule has 3 atom stereocenters. The van der Waals surface area contributed by atoms with Gasteiger partial charge in [0, 0.05) is 37.8 Å². The third-order valence-corrected chi connectivity index (χ3v) is 4.98. The summed E-state index contributed by atoms with van der Waals surface area (Å²) in [5, 5.41) is 6.93. The number of methoxy groups -OCH3 is 1. The summed E-state index contributed by atoms with van der Waals surface area (Å²) in [6.07, 6.45) is 0. The van der Waals surface area contributed by atoms with Gasteiger partial charge < -0.3 is 20.1 Å². The molecule has 3 unspecified atom stereocenters. The standard InChI is InChI=1S/C20H34N4O2/c1-14-7-8-19(25-6)18(11-14)17(4)23-20(21-5)22-12-15(2)24-9-10-26-13-16(24)3/h7-8,11,15-17H,9-10,12-13H2,1-6H3,(H2,21,22,23). The molecular weight excluding hydrogens is 328 g/mol.